The fraction of sp³-hybridized carbons (Fsp3) is 0.526. The van der Waals surface area contributed by atoms with Gasteiger partial charge in [-0.3, -0.25) is 14.8 Å². The van der Waals surface area contributed by atoms with Crippen LogP contribution in [-0.4, -0.2) is 46.3 Å². The van der Waals surface area contributed by atoms with Crippen molar-refractivity contribution in [1.82, 2.24) is 19.8 Å². The van der Waals surface area contributed by atoms with Crippen LogP contribution in [0.1, 0.15) is 65.3 Å². The van der Waals surface area contributed by atoms with Crippen LogP contribution in [0.25, 0.3) is 0 Å². The Morgan fingerprint density at radius 1 is 1.40 bits per heavy atom. The second-order valence-corrected chi connectivity index (χ2v) is 8.16. The molecule has 25 heavy (non-hydrogen) atoms. The van der Waals surface area contributed by atoms with E-state index in [0.29, 0.717) is 5.92 Å². The Hall–Kier alpha value is -1.79. The second kappa shape index (κ2) is 7.62. The van der Waals surface area contributed by atoms with Gasteiger partial charge in [0.15, 0.2) is 0 Å². The van der Waals surface area contributed by atoms with Crippen molar-refractivity contribution in [2.45, 2.75) is 45.2 Å². The summed E-state index contributed by atoms with van der Waals surface area (Å²) in [4.78, 5) is 27.4. The minimum absolute atomic E-state index is 0.0320. The fourth-order valence-corrected chi connectivity index (χ4v) is 4.13. The topological polar surface area (TPSA) is 49.3 Å². The molecule has 1 amide bonds. The number of hydrogen-bond acceptors (Lipinski definition) is 5. The lowest BCUT2D eigenvalue weighted by Crippen LogP contribution is -2.31. The summed E-state index contributed by atoms with van der Waals surface area (Å²) >= 11 is 1.67. The first kappa shape index (κ1) is 18.0. The van der Waals surface area contributed by atoms with Gasteiger partial charge in [-0.15, -0.1) is 11.3 Å². The van der Waals surface area contributed by atoms with Gasteiger partial charge in [0.1, 0.15) is 0 Å². The number of aromatic nitrogens is 2. The van der Waals surface area contributed by atoms with Crippen LogP contribution in [0.2, 0.25) is 0 Å². The van der Waals surface area contributed by atoms with Gasteiger partial charge in [-0.1, -0.05) is 13.8 Å². The van der Waals surface area contributed by atoms with Crippen LogP contribution < -0.4 is 0 Å². The fourth-order valence-electron chi connectivity index (χ4n) is 3.23. The lowest BCUT2D eigenvalue weighted by atomic mass is 10.1. The summed E-state index contributed by atoms with van der Waals surface area (Å²) in [6, 6.07) is 2.07. The molecule has 1 saturated heterocycles. The number of thiophene rings is 1. The molecule has 0 aromatic carbocycles. The van der Waals surface area contributed by atoms with Gasteiger partial charge in [-0.25, -0.2) is 0 Å². The summed E-state index contributed by atoms with van der Waals surface area (Å²) in [5.41, 5.74) is 2.65. The lowest BCUT2D eigenvalue weighted by molar-refractivity contribution is 0.0733. The number of rotatable bonds is 5. The van der Waals surface area contributed by atoms with Gasteiger partial charge in [0, 0.05) is 29.5 Å². The molecular weight excluding hydrogens is 332 g/mol. The molecule has 1 aliphatic rings. The third-order valence-corrected chi connectivity index (χ3v) is 5.71. The van der Waals surface area contributed by atoms with Gasteiger partial charge in [-0.2, -0.15) is 0 Å². The molecule has 0 saturated carbocycles. The molecule has 0 radical (unpaired) electrons. The molecule has 1 aliphatic heterocycles. The molecule has 134 valence electrons. The summed E-state index contributed by atoms with van der Waals surface area (Å²) in [5.74, 6) is 0.569. The van der Waals surface area contributed by atoms with E-state index >= 15 is 0 Å². The van der Waals surface area contributed by atoms with E-state index in [4.69, 9.17) is 4.98 Å². The van der Waals surface area contributed by atoms with Crippen LogP contribution in [0.3, 0.4) is 0 Å². The molecule has 1 atom stereocenters. The zero-order valence-electron chi connectivity index (χ0n) is 15.4. The van der Waals surface area contributed by atoms with Crippen LogP contribution in [0.15, 0.2) is 23.8 Å². The van der Waals surface area contributed by atoms with Crippen molar-refractivity contribution >= 4 is 17.2 Å². The first-order valence-corrected chi connectivity index (χ1v) is 9.68. The number of likely N-dealkylation sites (tertiary alicyclic amines) is 1. The molecular formula is C19H26N4OS. The predicted octanol–water partition coefficient (Wildman–Crippen LogP) is 3.70. The molecule has 3 rings (SSSR count). The van der Waals surface area contributed by atoms with Gasteiger partial charge in [0.05, 0.1) is 29.2 Å². The minimum atomic E-state index is 0.0320. The number of hydrogen-bond donors (Lipinski definition) is 0. The molecule has 0 unspecified atom stereocenters. The summed E-state index contributed by atoms with van der Waals surface area (Å²) in [7, 11) is 4.03. The standard InChI is InChI=1S/C19H26N4OS/c1-13(2)18-8-14(12-25-18)19(24)23-7-5-6-17(23)16-10-20-9-15(21-16)11-22(3)4/h8-10,12-13,17H,5-7,11H2,1-4H3/t17-/m1/s1. The summed E-state index contributed by atoms with van der Waals surface area (Å²) in [6.45, 7) is 5.86. The average Bonchev–Trinajstić information content (AvgIpc) is 3.23. The number of carbonyl (C=O) groups excluding carboxylic acids is 1. The molecule has 3 heterocycles. The Kier molecular flexibility index (Phi) is 5.49. The second-order valence-electron chi connectivity index (χ2n) is 7.22. The lowest BCUT2D eigenvalue weighted by Gasteiger charge is -2.24. The third-order valence-electron chi connectivity index (χ3n) is 4.47. The van der Waals surface area contributed by atoms with Crippen molar-refractivity contribution in [2.75, 3.05) is 20.6 Å². The van der Waals surface area contributed by atoms with Crippen molar-refractivity contribution in [3.05, 3.63) is 45.7 Å². The SMILES string of the molecule is CC(C)c1cc(C(=O)N2CCC[C@@H]2c2cncc(CN(C)C)n2)cs1. The van der Waals surface area contributed by atoms with Crippen LogP contribution >= 0.6 is 11.3 Å². The van der Waals surface area contributed by atoms with Crippen molar-refractivity contribution < 1.29 is 4.79 Å². The molecule has 0 spiro atoms. The maximum atomic E-state index is 13.0. The first-order valence-electron chi connectivity index (χ1n) is 8.80. The number of carbonyl (C=O) groups is 1. The number of nitrogens with zero attached hydrogens (tertiary/aromatic N) is 4. The van der Waals surface area contributed by atoms with Gasteiger partial charge < -0.3 is 9.80 Å². The van der Waals surface area contributed by atoms with Crippen molar-refractivity contribution in [3.63, 3.8) is 0 Å². The quantitative estimate of drug-likeness (QED) is 0.818. The van der Waals surface area contributed by atoms with Crippen molar-refractivity contribution in [3.8, 4) is 0 Å². The Morgan fingerprint density at radius 3 is 2.88 bits per heavy atom. The Bertz CT molecular complexity index is 741. The zero-order valence-corrected chi connectivity index (χ0v) is 16.2. The Morgan fingerprint density at radius 2 is 2.20 bits per heavy atom. The largest absolute Gasteiger partial charge is 0.330 e. The third kappa shape index (κ3) is 4.07. The maximum absolute atomic E-state index is 13.0. The van der Waals surface area contributed by atoms with Gasteiger partial charge >= 0.3 is 0 Å². The normalized spacial score (nSPS) is 17.7. The molecule has 2 aromatic rings. The van der Waals surface area contributed by atoms with E-state index in [2.05, 4.69) is 23.7 Å². The van der Waals surface area contributed by atoms with Gasteiger partial charge in [0.25, 0.3) is 5.91 Å². The van der Waals surface area contributed by atoms with Crippen LogP contribution in [0.5, 0.6) is 0 Å². The zero-order chi connectivity index (χ0) is 18.0. The van der Waals surface area contributed by atoms with E-state index in [0.717, 1.165) is 42.9 Å². The van der Waals surface area contributed by atoms with Gasteiger partial charge in [0.2, 0.25) is 0 Å². The van der Waals surface area contributed by atoms with E-state index in [9.17, 15) is 4.79 Å². The highest BCUT2D eigenvalue weighted by Gasteiger charge is 2.32. The van der Waals surface area contributed by atoms with E-state index in [1.165, 1.54) is 4.88 Å². The van der Waals surface area contributed by atoms with Crippen LogP contribution in [-0.2, 0) is 6.54 Å². The van der Waals surface area contributed by atoms with E-state index in [1.807, 2.05) is 36.6 Å². The molecule has 0 bridgehead atoms. The smallest absolute Gasteiger partial charge is 0.255 e. The highest BCUT2D eigenvalue weighted by Crippen LogP contribution is 2.33. The summed E-state index contributed by atoms with van der Waals surface area (Å²) in [6.07, 6.45) is 5.57. The van der Waals surface area contributed by atoms with Gasteiger partial charge in [-0.05, 0) is 38.9 Å². The average molecular weight is 359 g/mol. The molecule has 0 N–H and O–H groups in total. The number of amides is 1. The van der Waals surface area contributed by atoms with Crippen molar-refractivity contribution in [2.24, 2.45) is 0 Å². The van der Waals surface area contributed by atoms with Crippen LogP contribution in [0, 0.1) is 0 Å². The minimum Gasteiger partial charge on any atom is -0.330 e. The monoisotopic (exact) mass is 358 g/mol. The summed E-state index contributed by atoms with van der Waals surface area (Å²) in [5, 5.41) is 1.99. The molecule has 5 nitrogen and oxygen atoms in total. The van der Waals surface area contributed by atoms with E-state index in [1.54, 1.807) is 17.5 Å². The highest BCUT2D eigenvalue weighted by atomic mass is 32.1. The Balaban J connectivity index is 1.81. The molecule has 1 fully saturated rings. The molecule has 6 heteroatoms. The predicted molar refractivity (Wildman–Crippen MR) is 101 cm³/mol. The summed E-state index contributed by atoms with van der Waals surface area (Å²) < 4.78 is 0. The first-order chi connectivity index (χ1) is 12.0. The molecule has 0 aliphatic carbocycles. The maximum Gasteiger partial charge on any atom is 0.255 e. The Labute approximate surface area is 153 Å². The molecule has 2 aromatic heterocycles. The van der Waals surface area contributed by atoms with Crippen LogP contribution in [0.4, 0.5) is 0 Å². The van der Waals surface area contributed by atoms with E-state index < -0.39 is 0 Å². The highest BCUT2D eigenvalue weighted by molar-refractivity contribution is 7.10. The van der Waals surface area contributed by atoms with E-state index in [-0.39, 0.29) is 11.9 Å². The van der Waals surface area contributed by atoms with Crippen molar-refractivity contribution in [1.29, 1.82) is 0 Å².